The third-order valence-corrected chi connectivity index (χ3v) is 5.27. The molecular weight excluding hydrogens is 464 g/mol. The first-order chi connectivity index (χ1) is 17.4. The molecule has 0 aliphatic heterocycles. The van der Waals surface area contributed by atoms with Gasteiger partial charge < -0.3 is 19.7 Å². The average molecular weight is 499 g/mol. The number of amides is 2. The van der Waals surface area contributed by atoms with E-state index in [2.05, 4.69) is 21.1 Å². The fourth-order valence-electron chi connectivity index (χ4n) is 3.30. The van der Waals surface area contributed by atoms with Crippen LogP contribution in [0, 0.1) is 0 Å². The number of carbonyl (C=O) groups is 2. The minimum Gasteiger partial charge on any atom is -0.504 e. The van der Waals surface area contributed by atoms with Gasteiger partial charge in [-0.15, -0.1) is 0 Å². The van der Waals surface area contributed by atoms with E-state index in [-0.39, 0.29) is 23.3 Å². The van der Waals surface area contributed by atoms with E-state index in [0.717, 1.165) is 38.5 Å². The molecule has 0 fully saturated rings. The normalized spacial score (nSPS) is 11.1. The van der Waals surface area contributed by atoms with Crippen LogP contribution in [0.3, 0.4) is 0 Å². The van der Waals surface area contributed by atoms with Crippen LogP contribution in [0.25, 0.3) is 0 Å². The third kappa shape index (κ3) is 10.5. The predicted octanol–water partition coefficient (Wildman–Crippen LogP) is 3.84. The van der Waals surface area contributed by atoms with Gasteiger partial charge in [0.05, 0.1) is 26.6 Å². The number of nitrogens with zero attached hydrogens (tertiary/aromatic N) is 2. The molecule has 10 nitrogen and oxygen atoms in total. The minimum absolute atomic E-state index is 0.0414. The summed E-state index contributed by atoms with van der Waals surface area (Å²) in [5.74, 6) is 0.456. The zero-order valence-electron chi connectivity index (χ0n) is 20.7. The van der Waals surface area contributed by atoms with Crippen molar-refractivity contribution in [1.29, 1.82) is 0 Å². The number of hydrogen-bond donors (Lipinski definition) is 4. The lowest BCUT2D eigenvalue weighted by Crippen LogP contribution is -2.17. The summed E-state index contributed by atoms with van der Waals surface area (Å²) < 4.78 is 10.1. The number of benzene rings is 2. The summed E-state index contributed by atoms with van der Waals surface area (Å²) in [7, 11) is 2.93. The van der Waals surface area contributed by atoms with Gasteiger partial charge in [0, 0.05) is 12.8 Å². The highest BCUT2D eigenvalue weighted by molar-refractivity contribution is 5.84. The molecule has 10 heteroatoms. The van der Waals surface area contributed by atoms with Crippen LogP contribution < -0.4 is 20.3 Å². The smallest absolute Gasteiger partial charge is 0.240 e. The maximum Gasteiger partial charge on any atom is 0.240 e. The molecule has 0 saturated heterocycles. The lowest BCUT2D eigenvalue weighted by molar-refractivity contribution is -0.122. The highest BCUT2D eigenvalue weighted by atomic mass is 16.5. The van der Waals surface area contributed by atoms with Gasteiger partial charge in [0.1, 0.15) is 0 Å². The summed E-state index contributed by atoms with van der Waals surface area (Å²) in [6.07, 6.45) is 9.15. The van der Waals surface area contributed by atoms with E-state index in [1.54, 1.807) is 24.3 Å². The Labute approximate surface area is 211 Å². The molecule has 2 aromatic rings. The van der Waals surface area contributed by atoms with Crippen molar-refractivity contribution in [2.24, 2.45) is 10.2 Å². The van der Waals surface area contributed by atoms with E-state index in [4.69, 9.17) is 9.47 Å². The van der Waals surface area contributed by atoms with E-state index in [1.807, 2.05) is 0 Å². The number of aromatic hydroxyl groups is 2. The molecule has 0 aromatic heterocycles. The molecule has 2 aromatic carbocycles. The van der Waals surface area contributed by atoms with Crippen LogP contribution in [0.4, 0.5) is 0 Å². The average Bonchev–Trinajstić information content (AvgIpc) is 2.87. The van der Waals surface area contributed by atoms with E-state index in [1.165, 1.54) is 38.8 Å². The number of carbonyl (C=O) groups excluding carboxylic acids is 2. The number of methoxy groups -OCH3 is 2. The van der Waals surface area contributed by atoms with Gasteiger partial charge in [-0.05, 0) is 60.4 Å². The number of unbranched alkanes of at least 4 members (excludes halogenated alkanes) is 5. The maximum atomic E-state index is 11.9. The topological polar surface area (TPSA) is 142 Å². The monoisotopic (exact) mass is 498 g/mol. The Morgan fingerprint density at radius 3 is 1.50 bits per heavy atom. The SMILES string of the molecule is COc1cc(C=NNC(=O)CCCCCCCCC(=O)NN=Cc2ccc(O)c(OC)c2)ccc1O. The third-order valence-electron chi connectivity index (χ3n) is 5.27. The lowest BCUT2D eigenvalue weighted by Gasteiger charge is -2.04. The first-order valence-electron chi connectivity index (χ1n) is 11.8. The molecule has 0 spiro atoms. The van der Waals surface area contributed by atoms with Crippen molar-refractivity contribution in [2.75, 3.05) is 14.2 Å². The zero-order valence-corrected chi connectivity index (χ0v) is 20.7. The second-order valence-electron chi connectivity index (χ2n) is 8.07. The second-order valence-corrected chi connectivity index (χ2v) is 8.07. The molecule has 2 amide bonds. The Kier molecular flexibility index (Phi) is 12.3. The van der Waals surface area contributed by atoms with E-state index in [9.17, 15) is 19.8 Å². The molecule has 36 heavy (non-hydrogen) atoms. The Morgan fingerprint density at radius 2 is 1.11 bits per heavy atom. The molecule has 2 rings (SSSR count). The van der Waals surface area contributed by atoms with Gasteiger partial charge in [-0.3, -0.25) is 9.59 Å². The molecule has 0 atom stereocenters. The predicted molar refractivity (Wildman–Crippen MR) is 138 cm³/mol. The molecular formula is C26H34N4O6. The largest absolute Gasteiger partial charge is 0.504 e. The Balaban J connectivity index is 1.49. The number of hydrogen-bond acceptors (Lipinski definition) is 8. The summed E-state index contributed by atoms with van der Waals surface area (Å²) in [6, 6.07) is 9.58. The van der Waals surface area contributed by atoms with Crippen LogP contribution in [0.2, 0.25) is 0 Å². The van der Waals surface area contributed by atoms with Gasteiger partial charge >= 0.3 is 0 Å². The fourth-order valence-corrected chi connectivity index (χ4v) is 3.30. The number of phenolic OH excluding ortho intramolecular Hbond substituents is 2. The molecule has 4 N–H and O–H groups in total. The highest BCUT2D eigenvalue weighted by Crippen LogP contribution is 2.26. The minimum atomic E-state index is -0.153. The molecule has 0 saturated carbocycles. The van der Waals surface area contributed by atoms with Crippen molar-refractivity contribution in [3.05, 3.63) is 47.5 Å². The van der Waals surface area contributed by atoms with Crippen LogP contribution >= 0.6 is 0 Å². The Hall–Kier alpha value is -4.08. The summed E-state index contributed by atoms with van der Waals surface area (Å²) in [6.45, 7) is 0. The lowest BCUT2D eigenvalue weighted by atomic mass is 10.1. The Morgan fingerprint density at radius 1 is 0.722 bits per heavy atom. The van der Waals surface area contributed by atoms with Crippen LogP contribution in [-0.4, -0.2) is 48.7 Å². The maximum absolute atomic E-state index is 11.9. The number of hydrazone groups is 2. The fraction of sp³-hybridized carbons (Fsp3) is 0.385. The second kappa shape index (κ2) is 15.8. The molecule has 0 radical (unpaired) electrons. The number of rotatable bonds is 15. The van der Waals surface area contributed by atoms with Gasteiger partial charge in [0.25, 0.3) is 0 Å². The molecule has 0 heterocycles. The molecule has 194 valence electrons. The van der Waals surface area contributed by atoms with Crippen molar-refractivity contribution in [2.45, 2.75) is 51.4 Å². The molecule has 0 aliphatic carbocycles. The van der Waals surface area contributed by atoms with Crippen LogP contribution in [0.5, 0.6) is 23.0 Å². The summed E-state index contributed by atoms with van der Waals surface area (Å²) in [5, 5.41) is 27.0. The van der Waals surface area contributed by atoms with E-state index >= 15 is 0 Å². The van der Waals surface area contributed by atoms with E-state index < -0.39 is 0 Å². The first kappa shape index (κ1) is 28.2. The van der Waals surface area contributed by atoms with Crippen LogP contribution in [0.1, 0.15) is 62.5 Å². The van der Waals surface area contributed by atoms with Gasteiger partial charge in [-0.2, -0.15) is 10.2 Å². The van der Waals surface area contributed by atoms with Crippen molar-refractivity contribution in [3.8, 4) is 23.0 Å². The van der Waals surface area contributed by atoms with E-state index in [0.29, 0.717) is 35.5 Å². The quantitative estimate of drug-likeness (QED) is 0.167. The molecule has 0 bridgehead atoms. The number of ether oxygens (including phenoxy) is 2. The summed E-state index contributed by atoms with van der Waals surface area (Å²) >= 11 is 0. The molecule has 0 unspecified atom stereocenters. The standard InChI is InChI=1S/C26H34N4O6/c1-35-23-15-19(11-13-21(23)31)17-27-29-25(33)9-7-5-3-4-6-8-10-26(34)30-28-18-20-12-14-22(32)24(16-20)36-2/h11-18,31-32H,3-10H2,1-2H3,(H,29,33)(H,30,34). The summed E-state index contributed by atoms with van der Waals surface area (Å²) in [4.78, 5) is 23.8. The number of nitrogens with one attached hydrogen (secondary N) is 2. The van der Waals surface area contributed by atoms with Crippen molar-refractivity contribution >= 4 is 24.2 Å². The van der Waals surface area contributed by atoms with Gasteiger partial charge in [-0.1, -0.05) is 25.7 Å². The summed E-state index contributed by atoms with van der Waals surface area (Å²) in [5.41, 5.74) is 6.39. The van der Waals surface area contributed by atoms with Crippen molar-refractivity contribution in [1.82, 2.24) is 10.9 Å². The molecule has 0 aliphatic rings. The van der Waals surface area contributed by atoms with Gasteiger partial charge in [-0.25, -0.2) is 10.9 Å². The van der Waals surface area contributed by atoms with Gasteiger partial charge in [0.2, 0.25) is 11.8 Å². The zero-order chi connectivity index (χ0) is 26.2. The van der Waals surface area contributed by atoms with Crippen molar-refractivity contribution < 1.29 is 29.3 Å². The first-order valence-corrected chi connectivity index (χ1v) is 11.8. The Bertz CT molecular complexity index is 971. The van der Waals surface area contributed by atoms with Gasteiger partial charge in [0.15, 0.2) is 23.0 Å². The van der Waals surface area contributed by atoms with Crippen LogP contribution in [0.15, 0.2) is 46.6 Å². The number of phenols is 2. The van der Waals surface area contributed by atoms with Crippen LogP contribution in [-0.2, 0) is 9.59 Å². The van der Waals surface area contributed by atoms with Crippen molar-refractivity contribution in [3.63, 3.8) is 0 Å². The highest BCUT2D eigenvalue weighted by Gasteiger charge is 2.04.